The molecule has 1 unspecified atom stereocenters. The molecule has 2 aliphatic heterocycles. The Morgan fingerprint density at radius 3 is 2.68 bits per heavy atom. The Morgan fingerprint density at radius 1 is 1.27 bits per heavy atom. The molecule has 0 saturated carbocycles. The van der Waals surface area contributed by atoms with Gasteiger partial charge in [-0.05, 0) is 42.5 Å². The molecule has 1 N–H and O–H groups in total. The number of carboxylic acids is 1. The highest BCUT2D eigenvalue weighted by molar-refractivity contribution is 7.89. The molecule has 6 nitrogen and oxygen atoms in total. The highest BCUT2D eigenvalue weighted by Crippen LogP contribution is 2.35. The van der Waals surface area contributed by atoms with Crippen LogP contribution in [0.5, 0.6) is 0 Å². The molecule has 3 aliphatic rings. The first-order valence-electron chi connectivity index (χ1n) is 7.43. The highest BCUT2D eigenvalue weighted by atomic mass is 32.2. The minimum Gasteiger partial charge on any atom is -0.481 e. The summed E-state index contributed by atoms with van der Waals surface area (Å²) in [6, 6.07) is 4.96. The van der Waals surface area contributed by atoms with Gasteiger partial charge in [-0.15, -0.1) is 0 Å². The first kappa shape index (κ1) is 14.2. The van der Waals surface area contributed by atoms with Crippen LogP contribution in [0.1, 0.15) is 17.5 Å². The van der Waals surface area contributed by atoms with Crippen molar-refractivity contribution in [1.29, 1.82) is 0 Å². The van der Waals surface area contributed by atoms with Gasteiger partial charge in [-0.25, -0.2) is 8.42 Å². The Balaban J connectivity index is 1.64. The number of rotatable bonds is 3. The fourth-order valence-corrected chi connectivity index (χ4v) is 5.43. The number of fused-ring (bicyclic) bond motifs is 3. The fourth-order valence-electron chi connectivity index (χ4n) is 3.72. The Morgan fingerprint density at radius 2 is 2.05 bits per heavy atom. The maximum Gasteiger partial charge on any atom is 0.307 e. The summed E-state index contributed by atoms with van der Waals surface area (Å²) in [6.45, 7) is 0.887. The lowest BCUT2D eigenvalue weighted by Crippen LogP contribution is -2.41. The van der Waals surface area contributed by atoms with E-state index >= 15 is 0 Å². The first-order chi connectivity index (χ1) is 10.4. The molecule has 1 aromatic carbocycles. The molecular formula is C15H17NO5S. The van der Waals surface area contributed by atoms with E-state index in [0.717, 1.165) is 17.5 Å². The highest BCUT2D eigenvalue weighted by Gasteiger charge is 2.45. The number of carbonyl (C=O) groups is 1. The SMILES string of the molecule is O=C(O)C1Cc2ccc(S(=O)(=O)N3C[C@H]4C[C@@H]3CO4)cc2C1. The number of sulfonamides is 1. The van der Waals surface area contributed by atoms with Crippen molar-refractivity contribution in [3.05, 3.63) is 29.3 Å². The zero-order chi connectivity index (χ0) is 15.5. The van der Waals surface area contributed by atoms with E-state index in [1.165, 1.54) is 4.31 Å². The van der Waals surface area contributed by atoms with Crippen LogP contribution < -0.4 is 0 Å². The van der Waals surface area contributed by atoms with Gasteiger partial charge < -0.3 is 9.84 Å². The minimum absolute atomic E-state index is 0.0191. The van der Waals surface area contributed by atoms with Gasteiger partial charge in [-0.2, -0.15) is 4.31 Å². The van der Waals surface area contributed by atoms with Gasteiger partial charge in [0.1, 0.15) is 0 Å². The summed E-state index contributed by atoms with van der Waals surface area (Å²) in [6.07, 6.45) is 1.67. The molecule has 2 saturated heterocycles. The van der Waals surface area contributed by atoms with Gasteiger partial charge in [0.25, 0.3) is 0 Å². The topological polar surface area (TPSA) is 83.9 Å². The van der Waals surface area contributed by atoms with Crippen LogP contribution >= 0.6 is 0 Å². The zero-order valence-corrected chi connectivity index (χ0v) is 12.8. The summed E-state index contributed by atoms with van der Waals surface area (Å²) in [5.41, 5.74) is 1.78. The van der Waals surface area contributed by atoms with Gasteiger partial charge in [0.2, 0.25) is 10.0 Å². The Hall–Kier alpha value is -1.44. The van der Waals surface area contributed by atoms with Crippen molar-refractivity contribution in [2.75, 3.05) is 13.2 Å². The van der Waals surface area contributed by atoms with Crippen molar-refractivity contribution in [2.24, 2.45) is 5.92 Å². The van der Waals surface area contributed by atoms with Crippen molar-refractivity contribution in [1.82, 2.24) is 4.31 Å². The zero-order valence-electron chi connectivity index (χ0n) is 11.9. The van der Waals surface area contributed by atoms with Crippen LogP contribution in [0.2, 0.25) is 0 Å². The van der Waals surface area contributed by atoms with Crippen LogP contribution in [0.4, 0.5) is 0 Å². The van der Waals surface area contributed by atoms with E-state index in [9.17, 15) is 13.2 Å². The van der Waals surface area contributed by atoms with Crippen LogP contribution in [0.3, 0.4) is 0 Å². The molecule has 0 radical (unpaired) electrons. The quantitative estimate of drug-likeness (QED) is 0.883. The van der Waals surface area contributed by atoms with E-state index < -0.39 is 21.9 Å². The molecule has 2 bridgehead atoms. The predicted molar refractivity (Wildman–Crippen MR) is 77.0 cm³/mol. The molecule has 1 aromatic rings. The van der Waals surface area contributed by atoms with E-state index in [2.05, 4.69) is 0 Å². The Labute approximate surface area is 128 Å². The van der Waals surface area contributed by atoms with Gasteiger partial charge in [-0.1, -0.05) is 6.07 Å². The van der Waals surface area contributed by atoms with Crippen molar-refractivity contribution < 1.29 is 23.1 Å². The number of carboxylic acid groups (broad SMARTS) is 1. The van der Waals surface area contributed by atoms with Crippen LogP contribution in [0, 0.1) is 5.92 Å². The van der Waals surface area contributed by atoms with E-state index in [1.807, 2.05) is 0 Å². The van der Waals surface area contributed by atoms with Crippen LogP contribution in [-0.4, -0.2) is 49.1 Å². The number of ether oxygens (including phenoxy) is 1. The fraction of sp³-hybridized carbons (Fsp3) is 0.533. The van der Waals surface area contributed by atoms with Crippen molar-refractivity contribution >= 4 is 16.0 Å². The summed E-state index contributed by atoms with van der Waals surface area (Å²) in [4.78, 5) is 11.4. The van der Waals surface area contributed by atoms with Gasteiger partial charge in [0.05, 0.1) is 29.6 Å². The van der Waals surface area contributed by atoms with E-state index in [-0.39, 0.29) is 17.0 Å². The second kappa shape index (κ2) is 4.78. The number of benzene rings is 1. The van der Waals surface area contributed by atoms with Gasteiger partial charge in [0.15, 0.2) is 0 Å². The standard InChI is InChI=1S/C15H17NO5S/c17-15(18)11-3-9-1-2-14(5-10(9)4-11)22(19,20)16-7-13-6-12(16)8-21-13/h1-2,5,11-13H,3-4,6-8H2,(H,17,18)/t11?,12-,13-/m1/s1. The lowest BCUT2D eigenvalue weighted by Gasteiger charge is -2.26. The number of hydrogen-bond donors (Lipinski definition) is 1. The number of morpholine rings is 1. The second-order valence-electron chi connectivity index (χ2n) is 6.29. The van der Waals surface area contributed by atoms with E-state index in [1.54, 1.807) is 18.2 Å². The van der Waals surface area contributed by atoms with Crippen LogP contribution in [-0.2, 0) is 32.4 Å². The third-order valence-corrected chi connectivity index (χ3v) is 6.83. The lowest BCUT2D eigenvalue weighted by molar-refractivity contribution is -0.141. The summed E-state index contributed by atoms with van der Waals surface area (Å²) in [7, 11) is -3.52. The number of aliphatic carboxylic acids is 1. The van der Waals surface area contributed by atoms with E-state index in [4.69, 9.17) is 9.84 Å². The summed E-state index contributed by atoms with van der Waals surface area (Å²) in [5.74, 6) is -1.27. The van der Waals surface area contributed by atoms with Crippen molar-refractivity contribution in [3.63, 3.8) is 0 Å². The molecular weight excluding hydrogens is 306 g/mol. The molecule has 0 amide bonds. The predicted octanol–water partition coefficient (Wildman–Crippen LogP) is 0.648. The molecule has 3 atom stereocenters. The molecule has 1 aliphatic carbocycles. The van der Waals surface area contributed by atoms with Crippen LogP contribution in [0.25, 0.3) is 0 Å². The number of hydrogen-bond acceptors (Lipinski definition) is 4. The average molecular weight is 323 g/mol. The smallest absolute Gasteiger partial charge is 0.307 e. The summed E-state index contributed by atoms with van der Waals surface area (Å²) < 4.78 is 32.6. The van der Waals surface area contributed by atoms with Crippen LogP contribution in [0.15, 0.2) is 23.1 Å². The first-order valence-corrected chi connectivity index (χ1v) is 8.87. The molecule has 0 spiro atoms. The monoisotopic (exact) mass is 323 g/mol. The molecule has 118 valence electrons. The Bertz CT molecular complexity index is 744. The summed E-state index contributed by atoms with van der Waals surface area (Å²) >= 11 is 0. The molecule has 2 heterocycles. The van der Waals surface area contributed by atoms with Crippen molar-refractivity contribution in [3.8, 4) is 0 Å². The van der Waals surface area contributed by atoms with Gasteiger partial charge >= 0.3 is 5.97 Å². The largest absolute Gasteiger partial charge is 0.481 e. The molecule has 0 aromatic heterocycles. The Kier molecular flexibility index (Phi) is 3.08. The van der Waals surface area contributed by atoms with E-state index in [0.29, 0.717) is 26.0 Å². The minimum atomic E-state index is -3.52. The molecule has 22 heavy (non-hydrogen) atoms. The maximum absolute atomic E-state index is 12.8. The average Bonchev–Trinajstić information content (AvgIpc) is 3.20. The molecule has 4 rings (SSSR count). The lowest BCUT2D eigenvalue weighted by atomic mass is 10.1. The molecule has 7 heteroatoms. The van der Waals surface area contributed by atoms with Gasteiger partial charge in [0, 0.05) is 6.54 Å². The third kappa shape index (κ3) is 2.07. The third-order valence-electron chi connectivity index (χ3n) is 4.92. The maximum atomic E-state index is 12.8. The molecule has 2 fully saturated rings. The van der Waals surface area contributed by atoms with Crippen molar-refractivity contribution in [2.45, 2.75) is 36.3 Å². The second-order valence-corrected chi connectivity index (χ2v) is 8.18. The summed E-state index contributed by atoms with van der Waals surface area (Å²) in [5, 5.41) is 9.12. The normalized spacial score (nSPS) is 30.6. The van der Waals surface area contributed by atoms with Gasteiger partial charge in [-0.3, -0.25) is 4.79 Å². The number of nitrogens with zero attached hydrogens (tertiary/aromatic N) is 1.